The Kier molecular flexibility index (Phi) is 3.04. The predicted molar refractivity (Wildman–Crippen MR) is 43.6 cm³/mol. The van der Waals surface area contributed by atoms with Gasteiger partial charge >= 0.3 is 17.7 Å². The van der Waals surface area contributed by atoms with Crippen LogP contribution in [-0.2, 0) is 19.2 Å². The fourth-order valence-electron chi connectivity index (χ4n) is 0.892. The monoisotopic (exact) mass is 204 g/mol. The quantitative estimate of drug-likeness (QED) is 0.329. The number of carbonyl (C=O) groups excluding carboxylic acids is 1. The van der Waals surface area contributed by atoms with Gasteiger partial charge in [-0.2, -0.15) is 0 Å². The minimum Gasteiger partial charge on any atom is -0.476 e. The molecule has 0 aliphatic carbocycles. The van der Waals surface area contributed by atoms with Crippen LogP contribution < -0.4 is 5.43 Å². The molecular formula is C7H12N2O5. The molecule has 1 aliphatic rings. The first-order valence-electron chi connectivity index (χ1n) is 4.17. The maximum Gasteiger partial charge on any atom is 0.430 e. The number of aliphatic carboxylic acids is 1. The molecule has 1 rings (SSSR count). The second-order valence-electron chi connectivity index (χ2n) is 2.73. The topological polar surface area (TPSA) is 91.4 Å². The van der Waals surface area contributed by atoms with Gasteiger partial charge in [-0.25, -0.2) is 19.9 Å². The van der Waals surface area contributed by atoms with Crippen molar-refractivity contribution >= 4 is 11.9 Å². The van der Waals surface area contributed by atoms with Crippen LogP contribution in [0.3, 0.4) is 0 Å². The van der Waals surface area contributed by atoms with E-state index in [1.54, 1.807) is 7.05 Å². The Morgan fingerprint density at radius 2 is 2.36 bits per heavy atom. The molecule has 2 N–H and O–H groups in total. The lowest BCUT2D eigenvalue weighted by molar-refractivity contribution is -0.265. The molecular weight excluding hydrogens is 192 g/mol. The highest BCUT2D eigenvalue weighted by molar-refractivity contribution is 6.11. The first kappa shape index (κ1) is 10.9. The number of carboxylic acid groups (broad SMARTS) is 1. The summed E-state index contributed by atoms with van der Waals surface area (Å²) in [5.74, 6) is -4.46. The molecule has 0 saturated carbocycles. The van der Waals surface area contributed by atoms with Crippen LogP contribution in [0.25, 0.3) is 0 Å². The van der Waals surface area contributed by atoms with Crippen LogP contribution in [0.4, 0.5) is 0 Å². The Hall–Kier alpha value is -1.18. The average molecular weight is 204 g/mol. The second kappa shape index (κ2) is 3.91. The van der Waals surface area contributed by atoms with E-state index in [2.05, 4.69) is 10.2 Å². The number of carbonyl (C=O) groups is 2. The zero-order valence-corrected chi connectivity index (χ0v) is 7.94. The van der Waals surface area contributed by atoms with Gasteiger partial charge in [-0.05, 0) is 6.42 Å². The second-order valence-corrected chi connectivity index (χ2v) is 2.73. The number of epoxide rings is 1. The summed E-state index contributed by atoms with van der Waals surface area (Å²) in [7, 11) is 1.55. The van der Waals surface area contributed by atoms with Crippen molar-refractivity contribution in [2.75, 3.05) is 13.6 Å². The van der Waals surface area contributed by atoms with E-state index in [9.17, 15) is 9.59 Å². The Morgan fingerprint density at radius 1 is 1.79 bits per heavy atom. The molecule has 0 radical (unpaired) electrons. The van der Waals surface area contributed by atoms with Gasteiger partial charge in [0.1, 0.15) is 0 Å². The lowest BCUT2D eigenvalue weighted by Crippen LogP contribution is -2.44. The van der Waals surface area contributed by atoms with E-state index in [4.69, 9.17) is 9.94 Å². The van der Waals surface area contributed by atoms with Crippen molar-refractivity contribution in [3.05, 3.63) is 0 Å². The zero-order chi connectivity index (χ0) is 10.8. The van der Waals surface area contributed by atoms with Crippen molar-refractivity contribution < 1.29 is 24.3 Å². The molecule has 1 aliphatic heterocycles. The highest BCUT2D eigenvalue weighted by atomic mass is 16.9. The smallest absolute Gasteiger partial charge is 0.430 e. The van der Waals surface area contributed by atoms with Crippen LogP contribution in [0.5, 0.6) is 0 Å². The van der Waals surface area contributed by atoms with Crippen LogP contribution >= 0.6 is 0 Å². The number of hydroxylamine groups is 1. The minimum atomic E-state index is -2.13. The molecule has 80 valence electrons. The molecule has 1 fully saturated rings. The van der Waals surface area contributed by atoms with Crippen molar-refractivity contribution in [1.29, 1.82) is 0 Å². The molecule has 1 unspecified atom stereocenters. The molecule has 14 heavy (non-hydrogen) atoms. The Morgan fingerprint density at radius 3 is 2.64 bits per heavy atom. The van der Waals surface area contributed by atoms with Gasteiger partial charge < -0.3 is 9.84 Å². The largest absolute Gasteiger partial charge is 0.476 e. The first-order valence-corrected chi connectivity index (χ1v) is 4.17. The number of nitrogens with zero attached hydrogens (tertiary/aromatic N) is 1. The molecule has 0 amide bonds. The van der Waals surface area contributed by atoms with E-state index >= 15 is 0 Å². The maximum absolute atomic E-state index is 10.7. The third-order valence-electron chi connectivity index (χ3n) is 1.66. The van der Waals surface area contributed by atoms with E-state index < -0.39 is 17.7 Å². The number of hydrazine groups is 1. The minimum absolute atomic E-state index is 0.447. The Balaban J connectivity index is 2.57. The zero-order valence-electron chi connectivity index (χ0n) is 7.94. The molecule has 1 saturated heterocycles. The summed E-state index contributed by atoms with van der Waals surface area (Å²) < 4.78 is 4.30. The summed E-state index contributed by atoms with van der Waals surface area (Å²) in [6.45, 7) is 2.33. The number of hydrogen-bond acceptors (Lipinski definition) is 6. The number of ether oxygens (including phenoxy) is 1. The van der Waals surface area contributed by atoms with E-state index in [1.165, 1.54) is 0 Å². The highest BCUT2D eigenvalue weighted by Gasteiger charge is 2.70. The van der Waals surface area contributed by atoms with Crippen molar-refractivity contribution in [3.8, 4) is 0 Å². The van der Waals surface area contributed by atoms with Crippen LogP contribution in [0, 0.1) is 0 Å². The van der Waals surface area contributed by atoms with Gasteiger partial charge in [0.25, 0.3) is 0 Å². The van der Waals surface area contributed by atoms with Crippen LogP contribution in [0.15, 0.2) is 0 Å². The normalized spacial score (nSPS) is 24.9. The van der Waals surface area contributed by atoms with Crippen molar-refractivity contribution in [1.82, 2.24) is 10.6 Å². The third-order valence-corrected chi connectivity index (χ3v) is 1.66. The molecule has 7 heteroatoms. The van der Waals surface area contributed by atoms with Crippen LogP contribution in [-0.4, -0.2) is 41.6 Å². The SMILES string of the molecule is CCCN(NC)OC1(C(=O)O)OC1=O. The Labute approximate surface area is 80.5 Å². The van der Waals surface area contributed by atoms with Crippen LogP contribution in [0.1, 0.15) is 13.3 Å². The van der Waals surface area contributed by atoms with Gasteiger partial charge in [-0.3, -0.25) is 0 Å². The summed E-state index contributed by atoms with van der Waals surface area (Å²) in [4.78, 5) is 26.2. The third kappa shape index (κ3) is 1.84. The van der Waals surface area contributed by atoms with Gasteiger partial charge in [-0.1, -0.05) is 6.92 Å². The van der Waals surface area contributed by atoms with Crippen molar-refractivity contribution in [2.24, 2.45) is 0 Å². The fourth-order valence-corrected chi connectivity index (χ4v) is 0.892. The van der Waals surface area contributed by atoms with Gasteiger partial charge in [0.05, 0.1) is 0 Å². The molecule has 0 aromatic heterocycles. The number of cyclic esters (lactones) is 1. The molecule has 0 spiro atoms. The molecule has 0 aromatic carbocycles. The average Bonchev–Trinajstić information content (AvgIpc) is 2.77. The molecule has 7 nitrogen and oxygen atoms in total. The van der Waals surface area contributed by atoms with Gasteiger partial charge in [-0.15, -0.1) is 5.17 Å². The summed E-state index contributed by atoms with van der Waals surface area (Å²) in [5, 5.41) is 9.81. The van der Waals surface area contributed by atoms with Crippen molar-refractivity contribution in [2.45, 2.75) is 19.1 Å². The van der Waals surface area contributed by atoms with E-state index in [1.807, 2.05) is 6.92 Å². The molecule has 1 atom stereocenters. The molecule has 1 heterocycles. The van der Waals surface area contributed by atoms with Gasteiger partial charge in [0.2, 0.25) is 0 Å². The highest BCUT2D eigenvalue weighted by Crippen LogP contribution is 2.31. The predicted octanol–water partition coefficient (Wildman–Crippen LogP) is -0.898. The fraction of sp³-hybridized carbons (Fsp3) is 0.714. The lowest BCUT2D eigenvalue weighted by atomic mass is 10.4. The number of carboxylic acids is 1. The van der Waals surface area contributed by atoms with E-state index in [-0.39, 0.29) is 0 Å². The van der Waals surface area contributed by atoms with E-state index in [0.717, 1.165) is 11.6 Å². The number of rotatable bonds is 6. The van der Waals surface area contributed by atoms with Crippen molar-refractivity contribution in [3.63, 3.8) is 0 Å². The number of nitrogens with one attached hydrogen (secondary N) is 1. The first-order chi connectivity index (χ1) is 6.56. The summed E-state index contributed by atoms with van der Waals surface area (Å²) in [5.41, 5.74) is 2.59. The molecule has 0 aromatic rings. The van der Waals surface area contributed by atoms with Gasteiger partial charge in [0.15, 0.2) is 0 Å². The number of hydrogen-bond donors (Lipinski definition) is 2. The maximum atomic E-state index is 10.7. The van der Waals surface area contributed by atoms with E-state index in [0.29, 0.717) is 6.54 Å². The summed E-state index contributed by atoms with van der Waals surface area (Å²) >= 11 is 0. The summed E-state index contributed by atoms with van der Waals surface area (Å²) in [6.07, 6.45) is 0.741. The molecule has 0 bridgehead atoms. The van der Waals surface area contributed by atoms with Gasteiger partial charge in [0, 0.05) is 13.6 Å². The standard InChI is InChI=1S/C7H12N2O5/c1-3-4-9(8-2)14-7(5(10)11)6(12)13-7/h8H,3-4H2,1-2H3,(H,10,11). The van der Waals surface area contributed by atoms with Crippen LogP contribution in [0.2, 0.25) is 0 Å². The lowest BCUT2D eigenvalue weighted by Gasteiger charge is -2.19. The Bertz CT molecular complexity index is 256. The summed E-state index contributed by atoms with van der Waals surface area (Å²) in [6, 6.07) is 0.